The third kappa shape index (κ3) is 2.45. The van der Waals surface area contributed by atoms with E-state index in [1.54, 1.807) is 0 Å². The van der Waals surface area contributed by atoms with Crippen molar-refractivity contribution < 1.29 is 4.74 Å². The molecule has 0 amide bonds. The molecule has 1 saturated heterocycles. The van der Waals surface area contributed by atoms with Crippen LogP contribution in [0.15, 0.2) is 42.5 Å². The summed E-state index contributed by atoms with van der Waals surface area (Å²) in [5.41, 5.74) is 2.92. The van der Waals surface area contributed by atoms with Gasteiger partial charge in [-0.1, -0.05) is 36.7 Å². The second kappa shape index (κ2) is 5.64. The molecule has 0 radical (unpaired) electrons. The minimum atomic E-state index is -0.529. The molecule has 2 atom stereocenters. The molecule has 4 rings (SSSR count). The molecular weight excluding hydrogens is 340 g/mol. The van der Waals surface area contributed by atoms with Crippen LogP contribution in [-0.4, -0.2) is 10.8 Å². The van der Waals surface area contributed by atoms with Crippen LogP contribution >= 0.6 is 23.8 Å². The van der Waals surface area contributed by atoms with Gasteiger partial charge in [-0.2, -0.15) is 0 Å². The average molecular weight is 359 g/mol. The molecule has 124 valence electrons. The molecule has 2 aliphatic rings. The van der Waals surface area contributed by atoms with E-state index in [1.165, 1.54) is 11.1 Å². The van der Waals surface area contributed by atoms with Gasteiger partial charge in [0.25, 0.3) is 0 Å². The lowest BCUT2D eigenvalue weighted by molar-refractivity contribution is 0.0497. The van der Waals surface area contributed by atoms with E-state index in [9.17, 15) is 0 Å². The first-order chi connectivity index (χ1) is 11.5. The van der Waals surface area contributed by atoms with Gasteiger partial charge < -0.3 is 10.1 Å². The maximum Gasteiger partial charge on any atom is 0.188 e. The van der Waals surface area contributed by atoms with Gasteiger partial charge in [-0.05, 0) is 55.4 Å². The average Bonchev–Trinajstić information content (AvgIpc) is 2.54. The summed E-state index contributed by atoms with van der Waals surface area (Å²) in [6, 6.07) is 14.3. The minimum Gasteiger partial charge on any atom is -0.467 e. The lowest BCUT2D eigenvalue weighted by Crippen LogP contribution is -2.65. The number of fused-ring (bicyclic) bond motifs is 4. The summed E-state index contributed by atoms with van der Waals surface area (Å²) in [5, 5.41) is 4.84. The summed E-state index contributed by atoms with van der Waals surface area (Å²) in [7, 11) is 0. The van der Waals surface area contributed by atoms with E-state index in [0.29, 0.717) is 10.1 Å². The highest BCUT2D eigenvalue weighted by atomic mass is 35.5. The summed E-state index contributed by atoms with van der Waals surface area (Å²) in [4.78, 5) is 2.03. The van der Waals surface area contributed by atoms with Crippen molar-refractivity contribution in [2.75, 3.05) is 4.90 Å². The molecule has 2 aromatic rings. The van der Waals surface area contributed by atoms with Crippen LogP contribution in [0, 0.1) is 0 Å². The Kier molecular flexibility index (Phi) is 3.70. The van der Waals surface area contributed by atoms with Crippen LogP contribution in [0.1, 0.15) is 37.4 Å². The van der Waals surface area contributed by atoms with Gasteiger partial charge in [-0.15, -0.1) is 0 Å². The fourth-order valence-corrected chi connectivity index (χ4v) is 4.28. The van der Waals surface area contributed by atoms with Gasteiger partial charge in [0.05, 0.1) is 6.04 Å². The molecule has 2 heterocycles. The van der Waals surface area contributed by atoms with Crippen LogP contribution in [0.5, 0.6) is 5.75 Å². The zero-order chi connectivity index (χ0) is 16.9. The van der Waals surface area contributed by atoms with Crippen molar-refractivity contribution in [1.29, 1.82) is 0 Å². The molecule has 0 aromatic heterocycles. The molecule has 1 N–H and O–H groups in total. The van der Waals surface area contributed by atoms with Crippen molar-refractivity contribution in [3.8, 4) is 5.75 Å². The summed E-state index contributed by atoms with van der Waals surface area (Å²) >= 11 is 11.8. The molecule has 0 saturated carbocycles. The molecule has 24 heavy (non-hydrogen) atoms. The first kappa shape index (κ1) is 15.7. The van der Waals surface area contributed by atoms with E-state index in [0.717, 1.165) is 24.3 Å². The van der Waals surface area contributed by atoms with E-state index < -0.39 is 5.72 Å². The normalized spacial score (nSPS) is 24.9. The highest BCUT2D eigenvalue weighted by molar-refractivity contribution is 7.80. The number of ether oxygens (including phenoxy) is 1. The van der Waals surface area contributed by atoms with E-state index in [1.807, 2.05) is 29.2 Å². The van der Waals surface area contributed by atoms with E-state index in [4.69, 9.17) is 28.6 Å². The molecule has 2 aliphatic heterocycles. The fraction of sp³-hybridized carbons (Fsp3) is 0.316. The second-order valence-corrected chi connectivity index (χ2v) is 7.35. The van der Waals surface area contributed by atoms with Crippen molar-refractivity contribution in [3.05, 3.63) is 58.6 Å². The zero-order valence-electron chi connectivity index (χ0n) is 13.7. The highest BCUT2D eigenvalue weighted by Gasteiger charge is 2.48. The van der Waals surface area contributed by atoms with Crippen LogP contribution < -0.4 is 15.0 Å². The lowest BCUT2D eigenvalue weighted by Gasteiger charge is -2.52. The zero-order valence-corrected chi connectivity index (χ0v) is 15.2. The Morgan fingerprint density at radius 1 is 1.33 bits per heavy atom. The Morgan fingerprint density at radius 2 is 2.17 bits per heavy atom. The van der Waals surface area contributed by atoms with Crippen LogP contribution in [-0.2, 0) is 6.42 Å². The summed E-state index contributed by atoms with van der Waals surface area (Å²) in [5.74, 6) is 0.924. The van der Waals surface area contributed by atoms with Crippen LogP contribution in [0.3, 0.4) is 0 Å². The number of nitrogens with one attached hydrogen (secondary N) is 1. The number of thiocarbonyl (C=S) groups is 1. The van der Waals surface area contributed by atoms with Gasteiger partial charge in [0.2, 0.25) is 0 Å². The lowest BCUT2D eigenvalue weighted by atomic mass is 9.89. The molecule has 0 unspecified atom stereocenters. The Balaban J connectivity index is 1.78. The van der Waals surface area contributed by atoms with Crippen LogP contribution in [0.2, 0.25) is 5.02 Å². The fourth-order valence-electron chi connectivity index (χ4n) is 3.65. The van der Waals surface area contributed by atoms with Gasteiger partial charge >= 0.3 is 0 Å². The first-order valence-corrected chi connectivity index (χ1v) is 8.97. The van der Waals surface area contributed by atoms with Crippen LogP contribution in [0.4, 0.5) is 5.69 Å². The number of anilines is 1. The van der Waals surface area contributed by atoms with Gasteiger partial charge in [-0.3, -0.25) is 4.90 Å². The standard InChI is InChI=1S/C19H19ClN2OS/c1-3-12-7-8-17-15(9-12)16-11-19(2,23-17)22(18(24)21-16)14-6-4-5-13(20)10-14/h4-10,16H,3,11H2,1-2H3,(H,21,24)/t16-,19+/m0/s1. The summed E-state index contributed by atoms with van der Waals surface area (Å²) in [6.45, 7) is 4.25. The van der Waals surface area contributed by atoms with Crippen molar-refractivity contribution in [3.63, 3.8) is 0 Å². The molecule has 0 aliphatic carbocycles. The topological polar surface area (TPSA) is 24.5 Å². The number of hydrogen-bond acceptors (Lipinski definition) is 2. The SMILES string of the molecule is CCc1ccc2c(c1)[C@@H]1C[C@@](C)(O2)N(c2cccc(Cl)c2)C(=S)N1. The second-order valence-electron chi connectivity index (χ2n) is 6.52. The number of hydrogen-bond donors (Lipinski definition) is 1. The predicted molar refractivity (Wildman–Crippen MR) is 102 cm³/mol. The van der Waals surface area contributed by atoms with Crippen molar-refractivity contribution in [1.82, 2.24) is 5.32 Å². The smallest absolute Gasteiger partial charge is 0.188 e. The quantitative estimate of drug-likeness (QED) is 0.776. The van der Waals surface area contributed by atoms with Crippen molar-refractivity contribution in [2.24, 2.45) is 0 Å². The van der Waals surface area contributed by atoms with Gasteiger partial charge in [-0.25, -0.2) is 0 Å². The Hall–Kier alpha value is -1.78. The van der Waals surface area contributed by atoms with E-state index in [-0.39, 0.29) is 6.04 Å². The van der Waals surface area contributed by atoms with Crippen molar-refractivity contribution in [2.45, 2.75) is 38.5 Å². The summed E-state index contributed by atoms with van der Waals surface area (Å²) in [6.07, 6.45) is 1.83. The molecular formula is C19H19ClN2OS. The number of aryl methyl sites for hydroxylation is 1. The van der Waals surface area contributed by atoms with E-state index >= 15 is 0 Å². The number of benzene rings is 2. The highest BCUT2D eigenvalue weighted by Crippen LogP contribution is 2.46. The molecule has 0 spiro atoms. The number of rotatable bonds is 2. The largest absolute Gasteiger partial charge is 0.467 e. The summed E-state index contributed by atoms with van der Waals surface area (Å²) < 4.78 is 6.42. The predicted octanol–water partition coefficient (Wildman–Crippen LogP) is 4.84. The number of halogens is 1. The minimum absolute atomic E-state index is 0.174. The Labute approximate surface area is 152 Å². The maximum atomic E-state index is 6.42. The third-order valence-electron chi connectivity index (χ3n) is 4.81. The maximum absolute atomic E-state index is 6.42. The molecule has 1 fully saturated rings. The Bertz CT molecular complexity index is 825. The van der Waals surface area contributed by atoms with Gasteiger partial charge in [0, 0.05) is 22.7 Å². The first-order valence-electron chi connectivity index (χ1n) is 8.18. The van der Waals surface area contributed by atoms with Crippen molar-refractivity contribution >= 4 is 34.6 Å². The van der Waals surface area contributed by atoms with Gasteiger partial charge in [0.15, 0.2) is 10.8 Å². The molecule has 5 heteroatoms. The van der Waals surface area contributed by atoms with Crippen LogP contribution in [0.25, 0.3) is 0 Å². The van der Waals surface area contributed by atoms with Gasteiger partial charge in [0.1, 0.15) is 5.75 Å². The monoisotopic (exact) mass is 358 g/mol. The molecule has 2 bridgehead atoms. The third-order valence-corrected chi connectivity index (χ3v) is 5.35. The molecule has 2 aromatic carbocycles. The Morgan fingerprint density at radius 3 is 2.92 bits per heavy atom. The van der Waals surface area contributed by atoms with E-state index in [2.05, 4.69) is 37.4 Å². The number of nitrogens with zero attached hydrogens (tertiary/aromatic N) is 1. The molecule has 3 nitrogen and oxygen atoms in total.